The van der Waals surface area contributed by atoms with E-state index < -0.39 is 0 Å². The van der Waals surface area contributed by atoms with Crippen LogP contribution in [-0.2, 0) is 6.42 Å². The lowest BCUT2D eigenvalue weighted by molar-refractivity contribution is 0.581. The van der Waals surface area contributed by atoms with Crippen molar-refractivity contribution in [3.05, 3.63) is 83.6 Å². The van der Waals surface area contributed by atoms with Gasteiger partial charge in [0.25, 0.3) is 0 Å². The summed E-state index contributed by atoms with van der Waals surface area (Å²) in [6.07, 6.45) is 3.69. The molecule has 0 amide bonds. The summed E-state index contributed by atoms with van der Waals surface area (Å²) in [6, 6.07) is 21.2. The van der Waals surface area contributed by atoms with Gasteiger partial charge in [0.15, 0.2) is 0 Å². The molecule has 0 bridgehead atoms. The third-order valence-corrected chi connectivity index (χ3v) is 4.55. The van der Waals surface area contributed by atoms with E-state index >= 15 is 0 Å². The molecule has 0 fully saturated rings. The van der Waals surface area contributed by atoms with E-state index in [1.54, 1.807) is 6.26 Å². The van der Waals surface area contributed by atoms with Gasteiger partial charge >= 0.3 is 0 Å². The van der Waals surface area contributed by atoms with Crippen LogP contribution in [0.25, 0.3) is 11.3 Å². The minimum absolute atomic E-state index is 0.229. The molecule has 4 rings (SSSR count). The Hall–Kier alpha value is -2.22. The van der Waals surface area contributed by atoms with Gasteiger partial charge in [-0.25, -0.2) is 0 Å². The lowest BCUT2D eigenvalue weighted by atomic mass is 9.67. The van der Waals surface area contributed by atoms with Crippen molar-refractivity contribution >= 4 is 7.85 Å². The standard InChI is InChI=1S/C20H17BO/c21-17-12-15-5-1-2-8-18(15)19(13-17)14-6-3-7-16(11-14)20-9-4-10-22-20/h1-11,17,19H,12-13H2/t17-,19-/m0/s1. The van der Waals surface area contributed by atoms with Crippen LogP contribution >= 0.6 is 0 Å². The third kappa shape index (κ3) is 2.39. The van der Waals surface area contributed by atoms with Crippen LogP contribution < -0.4 is 0 Å². The molecule has 0 spiro atoms. The quantitative estimate of drug-likeness (QED) is 0.605. The Labute approximate surface area is 132 Å². The molecule has 0 N–H and O–H groups in total. The maximum atomic E-state index is 6.29. The number of fused-ring (bicyclic) bond motifs is 1. The van der Waals surface area contributed by atoms with Crippen molar-refractivity contribution in [2.75, 3.05) is 0 Å². The second-order valence-electron chi connectivity index (χ2n) is 6.05. The maximum Gasteiger partial charge on any atom is 0.133 e. The first-order chi connectivity index (χ1) is 10.8. The fourth-order valence-electron chi connectivity index (χ4n) is 3.52. The van der Waals surface area contributed by atoms with E-state index in [0.717, 1.165) is 24.2 Å². The summed E-state index contributed by atoms with van der Waals surface area (Å²) in [7, 11) is 6.29. The molecular weight excluding hydrogens is 267 g/mol. The Bertz CT molecular complexity index is 776. The number of hydrogen-bond donors (Lipinski definition) is 0. The smallest absolute Gasteiger partial charge is 0.133 e. The van der Waals surface area contributed by atoms with Gasteiger partial charge in [-0.3, -0.25) is 0 Å². The first kappa shape index (κ1) is 13.4. The summed E-state index contributed by atoms with van der Waals surface area (Å²) in [6.45, 7) is 0. The lowest BCUT2D eigenvalue weighted by Gasteiger charge is -2.30. The highest BCUT2D eigenvalue weighted by Gasteiger charge is 2.25. The minimum Gasteiger partial charge on any atom is -0.464 e. The fourth-order valence-corrected chi connectivity index (χ4v) is 3.52. The van der Waals surface area contributed by atoms with Gasteiger partial charge in [-0.2, -0.15) is 0 Å². The zero-order valence-electron chi connectivity index (χ0n) is 12.4. The Balaban J connectivity index is 1.78. The molecule has 22 heavy (non-hydrogen) atoms. The second-order valence-corrected chi connectivity index (χ2v) is 6.05. The molecule has 1 nitrogen and oxygen atoms in total. The van der Waals surface area contributed by atoms with Gasteiger partial charge in [-0.15, -0.1) is 0 Å². The fraction of sp³-hybridized carbons (Fsp3) is 0.200. The summed E-state index contributed by atoms with van der Waals surface area (Å²) in [4.78, 5) is 0. The molecule has 106 valence electrons. The Morgan fingerprint density at radius 3 is 2.73 bits per heavy atom. The van der Waals surface area contributed by atoms with E-state index in [2.05, 4.69) is 48.5 Å². The number of furan rings is 1. The summed E-state index contributed by atoms with van der Waals surface area (Å²) in [5, 5.41) is 0. The molecule has 2 atom stereocenters. The molecule has 0 aliphatic heterocycles. The Morgan fingerprint density at radius 2 is 1.86 bits per heavy atom. The molecule has 2 aromatic carbocycles. The van der Waals surface area contributed by atoms with Crippen molar-refractivity contribution in [1.29, 1.82) is 0 Å². The van der Waals surface area contributed by atoms with E-state index in [4.69, 9.17) is 12.3 Å². The van der Waals surface area contributed by atoms with Crippen molar-refractivity contribution in [1.82, 2.24) is 0 Å². The summed E-state index contributed by atoms with van der Waals surface area (Å²) >= 11 is 0. The second kappa shape index (κ2) is 5.53. The SMILES string of the molecule is [B][C@H]1Cc2ccccc2[C@H](c2cccc(-c3ccco3)c2)C1. The highest BCUT2D eigenvalue weighted by molar-refractivity contribution is 6.12. The number of hydrogen-bond acceptors (Lipinski definition) is 1. The largest absolute Gasteiger partial charge is 0.464 e. The predicted molar refractivity (Wildman–Crippen MR) is 90.3 cm³/mol. The Morgan fingerprint density at radius 1 is 0.955 bits per heavy atom. The van der Waals surface area contributed by atoms with Crippen LogP contribution in [0.4, 0.5) is 0 Å². The number of rotatable bonds is 2. The number of benzene rings is 2. The molecule has 1 aliphatic rings. The van der Waals surface area contributed by atoms with Crippen LogP contribution in [0.15, 0.2) is 71.3 Å². The molecule has 2 heteroatoms. The molecule has 0 unspecified atom stereocenters. The average molecular weight is 284 g/mol. The van der Waals surface area contributed by atoms with Gasteiger partial charge in [-0.1, -0.05) is 48.3 Å². The van der Waals surface area contributed by atoms with Gasteiger partial charge in [0.2, 0.25) is 0 Å². The lowest BCUT2D eigenvalue weighted by Crippen LogP contribution is -2.16. The predicted octanol–water partition coefficient (Wildman–Crippen LogP) is 4.98. The van der Waals surface area contributed by atoms with Gasteiger partial charge < -0.3 is 4.42 Å². The van der Waals surface area contributed by atoms with E-state index in [1.807, 2.05) is 12.1 Å². The van der Waals surface area contributed by atoms with Gasteiger partial charge in [0.1, 0.15) is 5.76 Å². The van der Waals surface area contributed by atoms with Crippen molar-refractivity contribution in [2.45, 2.75) is 24.6 Å². The molecule has 1 heterocycles. The van der Waals surface area contributed by atoms with Crippen LogP contribution in [0.2, 0.25) is 5.82 Å². The molecule has 3 aromatic rings. The van der Waals surface area contributed by atoms with Crippen molar-refractivity contribution in [2.24, 2.45) is 0 Å². The van der Waals surface area contributed by atoms with Crippen LogP contribution in [0.5, 0.6) is 0 Å². The topological polar surface area (TPSA) is 13.1 Å². The Kier molecular flexibility index (Phi) is 3.38. The molecule has 1 aromatic heterocycles. The first-order valence-electron chi connectivity index (χ1n) is 7.78. The first-order valence-corrected chi connectivity index (χ1v) is 7.78. The molecule has 0 saturated heterocycles. The van der Waals surface area contributed by atoms with Crippen LogP contribution in [-0.4, -0.2) is 7.85 Å². The van der Waals surface area contributed by atoms with Crippen molar-refractivity contribution in [3.63, 3.8) is 0 Å². The van der Waals surface area contributed by atoms with E-state index in [-0.39, 0.29) is 5.82 Å². The molecule has 2 radical (unpaired) electrons. The molecule has 0 saturated carbocycles. The zero-order valence-corrected chi connectivity index (χ0v) is 12.4. The van der Waals surface area contributed by atoms with Crippen molar-refractivity contribution < 1.29 is 4.42 Å². The highest BCUT2D eigenvalue weighted by atomic mass is 16.3. The molecule has 1 aliphatic carbocycles. The third-order valence-electron chi connectivity index (χ3n) is 4.55. The maximum absolute atomic E-state index is 6.29. The van der Waals surface area contributed by atoms with Crippen LogP contribution in [0.3, 0.4) is 0 Å². The van der Waals surface area contributed by atoms with Crippen LogP contribution in [0, 0.1) is 0 Å². The minimum atomic E-state index is 0.229. The van der Waals surface area contributed by atoms with E-state index in [0.29, 0.717) is 5.92 Å². The van der Waals surface area contributed by atoms with Crippen LogP contribution in [0.1, 0.15) is 29.0 Å². The van der Waals surface area contributed by atoms with Crippen molar-refractivity contribution in [3.8, 4) is 11.3 Å². The van der Waals surface area contributed by atoms with E-state index in [1.165, 1.54) is 16.7 Å². The summed E-state index contributed by atoms with van der Waals surface area (Å²) in [5.74, 6) is 1.51. The monoisotopic (exact) mass is 284 g/mol. The van der Waals surface area contributed by atoms with Gasteiger partial charge in [-0.05, 0) is 47.7 Å². The van der Waals surface area contributed by atoms with Gasteiger partial charge in [0, 0.05) is 11.5 Å². The average Bonchev–Trinajstić information content (AvgIpc) is 3.09. The highest BCUT2D eigenvalue weighted by Crippen LogP contribution is 2.41. The normalized spacial score (nSPS) is 20.5. The van der Waals surface area contributed by atoms with E-state index in [9.17, 15) is 0 Å². The van der Waals surface area contributed by atoms with Gasteiger partial charge in [0.05, 0.1) is 14.1 Å². The molecular formula is C20H17BO. The summed E-state index contributed by atoms with van der Waals surface area (Å²) in [5.41, 5.74) is 5.24. The zero-order chi connectivity index (χ0) is 14.9. The summed E-state index contributed by atoms with van der Waals surface area (Å²) < 4.78 is 5.53.